The van der Waals surface area contributed by atoms with E-state index >= 15 is 0 Å². The first-order valence-electron chi connectivity index (χ1n) is 7.35. The molecule has 22 heavy (non-hydrogen) atoms. The minimum absolute atomic E-state index is 0.0653. The van der Waals surface area contributed by atoms with Crippen LogP contribution in [0, 0.1) is 5.82 Å². The van der Waals surface area contributed by atoms with E-state index in [1.807, 2.05) is 11.6 Å². The average molecular weight is 306 g/mol. The molecule has 2 heterocycles. The lowest BCUT2D eigenvalue weighted by Crippen LogP contribution is -2.51. The molecule has 1 aromatic carbocycles. The molecule has 7 heteroatoms. The zero-order valence-electron chi connectivity index (χ0n) is 12.4. The van der Waals surface area contributed by atoms with E-state index in [0.717, 1.165) is 16.9 Å². The van der Waals surface area contributed by atoms with Gasteiger partial charge < -0.3 is 19.9 Å². The average Bonchev–Trinajstić information content (AvgIpc) is 2.84. The highest BCUT2D eigenvalue weighted by atomic mass is 19.1. The minimum atomic E-state index is -0.289. The summed E-state index contributed by atoms with van der Waals surface area (Å²) in [4.78, 5) is 16.4. The maximum atomic E-state index is 13.3. The molecule has 118 valence electrons. The lowest BCUT2D eigenvalue weighted by atomic mass is 10.2. The standard InChI is InChI=1S/C15H19FN4O2/c1-20-13-8-10(16)2-3-11(13)19-14(20)4-5-18-15(21)12-9-22-7-6-17-12/h2-3,8,12,17H,4-7,9H2,1H3,(H,18,21). The summed E-state index contributed by atoms with van der Waals surface area (Å²) in [6.45, 7) is 2.21. The number of hydrogen-bond donors (Lipinski definition) is 2. The van der Waals surface area contributed by atoms with Crippen molar-refractivity contribution in [3.8, 4) is 0 Å². The van der Waals surface area contributed by atoms with E-state index in [-0.39, 0.29) is 17.8 Å². The van der Waals surface area contributed by atoms with Crippen LogP contribution in [0.5, 0.6) is 0 Å². The number of aromatic nitrogens is 2. The molecule has 0 bridgehead atoms. The topological polar surface area (TPSA) is 68.2 Å². The molecule has 3 rings (SSSR count). The number of ether oxygens (including phenoxy) is 1. The van der Waals surface area contributed by atoms with Gasteiger partial charge >= 0.3 is 0 Å². The van der Waals surface area contributed by atoms with Crippen molar-refractivity contribution < 1.29 is 13.9 Å². The number of benzene rings is 1. The molecule has 0 radical (unpaired) electrons. The lowest BCUT2D eigenvalue weighted by Gasteiger charge is -2.22. The van der Waals surface area contributed by atoms with Crippen LogP contribution in [0.25, 0.3) is 11.0 Å². The Bertz CT molecular complexity index is 679. The van der Waals surface area contributed by atoms with Gasteiger partial charge in [-0.05, 0) is 18.2 Å². The van der Waals surface area contributed by atoms with E-state index in [1.165, 1.54) is 12.1 Å². The summed E-state index contributed by atoms with van der Waals surface area (Å²) < 4.78 is 20.4. The largest absolute Gasteiger partial charge is 0.378 e. The van der Waals surface area contributed by atoms with Gasteiger partial charge in [-0.3, -0.25) is 4.79 Å². The van der Waals surface area contributed by atoms with Gasteiger partial charge in [0.05, 0.1) is 24.2 Å². The van der Waals surface area contributed by atoms with Crippen molar-refractivity contribution in [3.05, 3.63) is 29.8 Å². The number of imidazole rings is 1. The van der Waals surface area contributed by atoms with Gasteiger partial charge in [-0.15, -0.1) is 0 Å². The van der Waals surface area contributed by atoms with Gasteiger partial charge in [-0.2, -0.15) is 0 Å². The van der Waals surface area contributed by atoms with Gasteiger partial charge in [-0.25, -0.2) is 9.37 Å². The van der Waals surface area contributed by atoms with Crippen molar-refractivity contribution in [1.29, 1.82) is 0 Å². The molecule has 1 unspecified atom stereocenters. The van der Waals surface area contributed by atoms with E-state index in [9.17, 15) is 9.18 Å². The minimum Gasteiger partial charge on any atom is -0.378 e. The summed E-state index contributed by atoms with van der Waals surface area (Å²) in [7, 11) is 1.85. The number of carbonyl (C=O) groups is 1. The second-order valence-electron chi connectivity index (χ2n) is 5.34. The maximum Gasteiger partial charge on any atom is 0.239 e. The van der Waals surface area contributed by atoms with Crippen molar-refractivity contribution >= 4 is 16.9 Å². The molecule has 1 aromatic heterocycles. The second kappa shape index (κ2) is 6.41. The molecule has 1 atom stereocenters. The summed E-state index contributed by atoms with van der Waals surface area (Å²) in [5.41, 5.74) is 1.51. The number of rotatable bonds is 4. The van der Waals surface area contributed by atoms with Crippen molar-refractivity contribution in [3.63, 3.8) is 0 Å². The van der Waals surface area contributed by atoms with Gasteiger partial charge in [0, 0.05) is 26.6 Å². The normalized spacial score (nSPS) is 18.5. The summed E-state index contributed by atoms with van der Waals surface area (Å²) in [6, 6.07) is 4.24. The van der Waals surface area contributed by atoms with Crippen molar-refractivity contribution in [2.45, 2.75) is 12.5 Å². The van der Waals surface area contributed by atoms with Gasteiger partial charge in [0.2, 0.25) is 5.91 Å². The summed E-state index contributed by atoms with van der Waals surface area (Å²) in [6.07, 6.45) is 0.589. The first-order valence-corrected chi connectivity index (χ1v) is 7.35. The highest BCUT2D eigenvalue weighted by molar-refractivity contribution is 5.82. The molecular weight excluding hydrogens is 287 g/mol. The third kappa shape index (κ3) is 3.10. The van der Waals surface area contributed by atoms with Crippen LogP contribution < -0.4 is 10.6 Å². The van der Waals surface area contributed by atoms with E-state index < -0.39 is 0 Å². The van der Waals surface area contributed by atoms with Crippen LogP contribution in [0.1, 0.15) is 5.82 Å². The number of halogens is 1. The first kappa shape index (κ1) is 14.9. The van der Waals surface area contributed by atoms with E-state index in [4.69, 9.17) is 4.74 Å². The molecule has 6 nitrogen and oxygen atoms in total. The number of nitrogens with one attached hydrogen (secondary N) is 2. The van der Waals surface area contributed by atoms with Crippen LogP contribution in [0.4, 0.5) is 4.39 Å². The Morgan fingerprint density at radius 1 is 1.59 bits per heavy atom. The molecule has 1 aliphatic heterocycles. The SMILES string of the molecule is Cn1c(CCNC(=O)C2COCCN2)nc2ccc(F)cc21. The molecule has 0 saturated carbocycles. The fourth-order valence-electron chi connectivity index (χ4n) is 2.59. The van der Waals surface area contributed by atoms with E-state index in [0.29, 0.717) is 32.7 Å². The first-order chi connectivity index (χ1) is 10.6. The van der Waals surface area contributed by atoms with Gasteiger partial charge in [-0.1, -0.05) is 0 Å². The molecule has 2 aromatic rings. The molecule has 1 aliphatic rings. The van der Waals surface area contributed by atoms with Gasteiger partial charge in [0.15, 0.2) is 0 Å². The Kier molecular flexibility index (Phi) is 4.35. The third-order valence-electron chi connectivity index (χ3n) is 3.82. The predicted molar refractivity (Wildman–Crippen MR) is 80.0 cm³/mol. The number of nitrogens with zero attached hydrogens (tertiary/aromatic N) is 2. The fourth-order valence-corrected chi connectivity index (χ4v) is 2.59. The summed E-state index contributed by atoms with van der Waals surface area (Å²) in [5, 5.41) is 5.98. The zero-order valence-corrected chi connectivity index (χ0v) is 12.4. The Labute approximate surface area is 127 Å². The maximum absolute atomic E-state index is 13.3. The quantitative estimate of drug-likeness (QED) is 0.856. The second-order valence-corrected chi connectivity index (χ2v) is 5.34. The smallest absolute Gasteiger partial charge is 0.239 e. The van der Waals surface area contributed by atoms with Gasteiger partial charge in [0.25, 0.3) is 0 Å². The van der Waals surface area contributed by atoms with Crippen LogP contribution in [-0.2, 0) is 23.0 Å². The van der Waals surface area contributed by atoms with Crippen molar-refractivity contribution in [2.24, 2.45) is 7.05 Å². The number of amides is 1. The monoisotopic (exact) mass is 306 g/mol. The Morgan fingerprint density at radius 3 is 3.23 bits per heavy atom. The molecule has 1 fully saturated rings. The molecule has 0 spiro atoms. The molecule has 1 saturated heterocycles. The van der Waals surface area contributed by atoms with Crippen molar-refractivity contribution in [1.82, 2.24) is 20.2 Å². The Morgan fingerprint density at radius 2 is 2.45 bits per heavy atom. The lowest BCUT2D eigenvalue weighted by molar-refractivity contribution is -0.125. The molecule has 0 aliphatic carbocycles. The fraction of sp³-hybridized carbons (Fsp3) is 0.467. The number of morpholine rings is 1. The van der Waals surface area contributed by atoms with Crippen LogP contribution in [0.15, 0.2) is 18.2 Å². The summed E-state index contributed by atoms with van der Waals surface area (Å²) >= 11 is 0. The van der Waals surface area contributed by atoms with Crippen LogP contribution in [0.2, 0.25) is 0 Å². The summed E-state index contributed by atoms with van der Waals surface area (Å²) in [5.74, 6) is 0.469. The molecular formula is C15H19FN4O2. The Hall–Kier alpha value is -1.99. The van der Waals surface area contributed by atoms with Crippen LogP contribution in [0.3, 0.4) is 0 Å². The predicted octanol–water partition coefficient (Wildman–Crippen LogP) is 0.359. The highest BCUT2D eigenvalue weighted by Gasteiger charge is 2.20. The number of carbonyl (C=O) groups excluding carboxylic acids is 1. The number of fused-ring (bicyclic) bond motifs is 1. The van der Waals surface area contributed by atoms with Crippen molar-refractivity contribution in [2.75, 3.05) is 26.3 Å². The third-order valence-corrected chi connectivity index (χ3v) is 3.82. The highest BCUT2D eigenvalue weighted by Crippen LogP contribution is 2.16. The molecule has 2 N–H and O–H groups in total. The van der Waals surface area contributed by atoms with Gasteiger partial charge in [0.1, 0.15) is 17.7 Å². The Balaban J connectivity index is 1.59. The van der Waals surface area contributed by atoms with E-state index in [1.54, 1.807) is 6.07 Å². The van der Waals surface area contributed by atoms with Crippen LogP contribution >= 0.6 is 0 Å². The molecule has 1 amide bonds. The van der Waals surface area contributed by atoms with Crippen LogP contribution in [-0.4, -0.2) is 47.8 Å². The zero-order chi connectivity index (χ0) is 15.5. The van der Waals surface area contributed by atoms with E-state index in [2.05, 4.69) is 15.6 Å². The number of hydrogen-bond acceptors (Lipinski definition) is 4. The number of aryl methyl sites for hydroxylation is 1.